The molecule has 1 saturated carbocycles. The molecule has 2 aromatic heterocycles. The van der Waals surface area contributed by atoms with E-state index in [1.807, 2.05) is 12.1 Å². The number of benzene rings is 2. The van der Waals surface area contributed by atoms with Crippen LogP contribution in [0.15, 0.2) is 73.2 Å². The lowest BCUT2D eigenvalue weighted by Crippen LogP contribution is -2.32. The van der Waals surface area contributed by atoms with Gasteiger partial charge < -0.3 is 20.7 Å². The first-order valence-corrected chi connectivity index (χ1v) is 14.7. The van der Waals surface area contributed by atoms with Crippen molar-refractivity contribution in [3.05, 3.63) is 107 Å². The monoisotopic (exact) mass is 638 g/mol. The summed E-state index contributed by atoms with van der Waals surface area (Å²) in [5, 5.41) is 12.0. The number of aromatic nitrogens is 3. The molecule has 0 bridgehead atoms. The minimum Gasteiger partial charge on any atom is -0.444 e. The normalized spacial score (nSPS) is 14.1. The van der Waals surface area contributed by atoms with Crippen molar-refractivity contribution < 1.29 is 31.9 Å². The summed E-state index contributed by atoms with van der Waals surface area (Å²) in [5.41, 5.74) is -0.947. The Balaban J connectivity index is 1.39. The molecule has 4 aromatic rings. The summed E-state index contributed by atoms with van der Waals surface area (Å²) in [6, 6.07) is 13.7. The molecule has 1 fully saturated rings. The van der Waals surface area contributed by atoms with Crippen molar-refractivity contribution in [3.8, 4) is 5.69 Å². The van der Waals surface area contributed by atoms with E-state index in [2.05, 4.69) is 26.0 Å². The van der Waals surface area contributed by atoms with Gasteiger partial charge in [-0.15, -0.1) is 0 Å². The molecule has 1 aliphatic rings. The maximum Gasteiger partial charge on any atom is 0.435 e. The maximum absolute atomic E-state index is 15.0. The average molecular weight is 639 g/mol. The predicted octanol–water partition coefficient (Wildman–Crippen LogP) is 6.79. The number of alkyl halides is 3. The number of alkyl carbamates (subject to hydrolysis) is 1. The number of halogens is 4. The molecule has 2 amide bonds. The summed E-state index contributed by atoms with van der Waals surface area (Å²) in [6.07, 6.45) is 0.808. The fraction of sp³-hybridized carbons (Fsp3) is 0.333. The lowest BCUT2D eigenvalue weighted by Gasteiger charge is -2.21. The third kappa shape index (κ3) is 8.47. The van der Waals surface area contributed by atoms with E-state index in [0.717, 1.165) is 35.8 Å². The smallest absolute Gasteiger partial charge is 0.435 e. The molecular formula is C33H34F4N6O3. The van der Waals surface area contributed by atoms with E-state index in [1.165, 1.54) is 24.3 Å². The predicted molar refractivity (Wildman–Crippen MR) is 163 cm³/mol. The molecule has 46 heavy (non-hydrogen) atoms. The van der Waals surface area contributed by atoms with E-state index in [0.29, 0.717) is 17.0 Å². The minimum absolute atomic E-state index is 0.0368. The second kappa shape index (κ2) is 13.3. The lowest BCUT2D eigenvalue weighted by molar-refractivity contribution is -0.141. The SMILES string of the molecule is CC(C)(C)OC(=O)NCc1cccc(-n2cc(C(=O)Nc3cc([C@H](NCC4CC4)c4ccncc4)ccc3F)c(C(F)(F)F)n2)c1. The zero-order valence-electron chi connectivity index (χ0n) is 25.5. The number of anilines is 1. The van der Waals surface area contributed by atoms with Crippen molar-refractivity contribution >= 4 is 17.7 Å². The van der Waals surface area contributed by atoms with Gasteiger partial charge in [0.1, 0.15) is 11.4 Å². The van der Waals surface area contributed by atoms with E-state index < -0.39 is 40.9 Å². The van der Waals surface area contributed by atoms with Gasteiger partial charge in [-0.2, -0.15) is 18.3 Å². The largest absolute Gasteiger partial charge is 0.444 e. The van der Waals surface area contributed by atoms with Crippen LogP contribution in [0.2, 0.25) is 0 Å². The van der Waals surface area contributed by atoms with Crippen molar-refractivity contribution in [2.75, 3.05) is 11.9 Å². The van der Waals surface area contributed by atoms with Crippen molar-refractivity contribution in [2.45, 2.75) is 58.0 Å². The van der Waals surface area contributed by atoms with Gasteiger partial charge in [0.15, 0.2) is 5.69 Å². The summed E-state index contributed by atoms with van der Waals surface area (Å²) in [7, 11) is 0. The van der Waals surface area contributed by atoms with Crippen molar-refractivity contribution in [3.63, 3.8) is 0 Å². The second-order valence-corrected chi connectivity index (χ2v) is 12.1. The number of nitrogens with zero attached hydrogens (tertiary/aromatic N) is 3. The van der Waals surface area contributed by atoms with Crippen molar-refractivity contribution in [2.24, 2.45) is 5.92 Å². The molecule has 0 radical (unpaired) electrons. The van der Waals surface area contributed by atoms with Gasteiger partial charge in [0.25, 0.3) is 5.91 Å². The number of pyridine rings is 1. The zero-order chi connectivity index (χ0) is 33.1. The summed E-state index contributed by atoms with van der Waals surface area (Å²) < 4.78 is 63.4. The summed E-state index contributed by atoms with van der Waals surface area (Å²) in [5.74, 6) is -1.44. The zero-order valence-corrected chi connectivity index (χ0v) is 25.5. The van der Waals surface area contributed by atoms with E-state index in [1.54, 1.807) is 51.4 Å². The molecule has 13 heteroatoms. The highest BCUT2D eigenvalue weighted by molar-refractivity contribution is 6.05. The summed E-state index contributed by atoms with van der Waals surface area (Å²) in [6.45, 7) is 5.92. The number of hydrogen-bond acceptors (Lipinski definition) is 6. The number of nitrogens with one attached hydrogen (secondary N) is 3. The Morgan fingerprint density at radius 3 is 2.43 bits per heavy atom. The molecule has 5 rings (SSSR count). The molecule has 0 spiro atoms. The van der Waals surface area contributed by atoms with Crippen LogP contribution in [0.3, 0.4) is 0 Å². The Labute approximate surface area is 263 Å². The molecule has 242 valence electrons. The van der Waals surface area contributed by atoms with Crippen molar-refractivity contribution in [1.29, 1.82) is 0 Å². The van der Waals surface area contributed by atoms with Gasteiger partial charge in [-0.1, -0.05) is 18.2 Å². The summed E-state index contributed by atoms with van der Waals surface area (Å²) >= 11 is 0. The Kier molecular flexibility index (Phi) is 9.42. The molecule has 1 aliphatic carbocycles. The highest BCUT2D eigenvalue weighted by atomic mass is 19.4. The van der Waals surface area contributed by atoms with Crippen LogP contribution < -0.4 is 16.0 Å². The second-order valence-electron chi connectivity index (χ2n) is 12.1. The standard InChI is InChI=1S/C33H34F4N6O3/c1-32(2,3)46-31(45)40-18-21-5-4-6-24(15-21)43-19-25(29(42-43)33(35,36)37)30(44)41-27-16-23(9-10-26(27)34)28(39-17-20-7-8-20)22-11-13-38-14-12-22/h4-6,9-16,19-20,28,39H,7-8,17-18H2,1-3H3,(H,40,45)(H,41,44)/t28-/m1/s1. The molecule has 0 unspecified atom stereocenters. The van der Waals surface area contributed by atoms with Crippen LogP contribution in [-0.2, 0) is 17.5 Å². The van der Waals surface area contributed by atoms with Crippen LogP contribution in [0.25, 0.3) is 5.69 Å². The third-order valence-electron chi connectivity index (χ3n) is 7.16. The molecule has 0 saturated heterocycles. The van der Waals surface area contributed by atoms with Crippen molar-refractivity contribution in [1.82, 2.24) is 25.4 Å². The number of ether oxygens (including phenoxy) is 1. The molecule has 9 nitrogen and oxygen atoms in total. The van der Waals surface area contributed by atoms with Gasteiger partial charge in [0, 0.05) is 25.1 Å². The van der Waals surface area contributed by atoms with E-state index in [-0.39, 0.29) is 24.0 Å². The van der Waals surface area contributed by atoms with Crippen LogP contribution in [0.1, 0.15) is 72.4 Å². The highest BCUT2D eigenvalue weighted by Crippen LogP contribution is 2.34. The Hall–Kier alpha value is -4.78. The van der Waals surface area contributed by atoms with Gasteiger partial charge in [0.2, 0.25) is 0 Å². The molecule has 0 aliphatic heterocycles. The van der Waals surface area contributed by atoms with Gasteiger partial charge >= 0.3 is 12.3 Å². The number of hydrogen-bond donors (Lipinski definition) is 3. The van der Waals surface area contributed by atoms with Gasteiger partial charge in [0.05, 0.1) is 23.0 Å². The Morgan fingerprint density at radius 2 is 1.76 bits per heavy atom. The van der Waals surface area contributed by atoms with Crippen LogP contribution >= 0.6 is 0 Å². The van der Waals surface area contributed by atoms with Gasteiger partial charge in [-0.25, -0.2) is 13.9 Å². The fourth-order valence-electron chi connectivity index (χ4n) is 4.78. The van der Waals surface area contributed by atoms with E-state index in [9.17, 15) is 27.2 Å². The average Bonchev–Trinajstić information content (AvgIpc) is 3.70. The number of rotatable bonds is 10. The van der Waals surface area contributed by atoms with Gasteiger partial charge in [-0.05, 0) is 99.2 Å². The quantitative estimate of drug-likeness (QED) is 0.165. The van der Waals surface area contributed by atoms with Gasteiger partial charge in [-0.3, -0.25) is 9.78 Å². The Bertz CT molecular complexity index is 1700. The van der Waals surface area contributed by atoms with Crippen LogP contribution in [0, 0.1) is 11.7 Å². The minimum atomic E-state index is -4.98. The van der Waals surface area contributed by atoms with Crippen LogP contribution in [-0.4, -0.2) is 38.9 Å². The first kappa shape index (κ1) is 32.6. The molecule has 2 heterocycles. The van der Waals surface area contributed by atoms with Crippen LogP contribution in [0.4, 0.5) is 28.0 Å². The molecular weight excluding hydrogens is 604 g/mol. The molecule has 3 N–H and O–H groups in total. The fourth-order valence-corrected chi connectivity index (χ4v) is 4.78. The number of carbonyl (C=O) groups excluding carboxylic acids is 2. The maximum atomic E-state index is 15.0. The topological polar surface area (TPSA) is 110 Å². The lowest BCUT2D eigenvalue weighted by atomic mass is 9.98. The number of carbonyl (C=O) groups is 2. The summed E-state index contributed by atoms with van der Waals surface area (Å²) in [4.78, 5) is 29.4. The third-order valence-corrected chi connectivity index (χ3v) is 7.16. The van der Waals surface area contributed by atoms with Crippen LogP contribution in [0.5, 0.6) is 0 Å². The Morgan fingerprint density at radius 1 is 1.02 bits per heavy atom. The number of amides is 2. The van der Waals surface area contributed by atoms with E-state index in [4.69, 9.17) is 4.74 Å². The molecule has 1 atom stereocenters. The highest BCUT2D eigenvalue weighted by Gasteiger charge is 2.39. The van der Waals surface area contributed by atoms with E-state index >= 15 is 0 Å². The first-order valence-electron chi connectivity index (χ1n) is 14.7. The first-order chi connectivity index (χ1) is 21.8. The molecule has 2 aromatic carbocycles.